The van der Waals surface area contributed by atoms with Gasteiger partial charge in [0.2, 0.25) is 0 Å². The van der Waals surface area contributed by atoms with Crippen LogP contribution in [0.3, 0.4) is 0 Å². The Morgan fingerprint density at radius 2 is 0.500 bits per heavy atom. The van der Waals surface area contributed by atoms with Crippen molar-refractivity contribution in [2.45, 2.75) is 79.1 Å². The van der Waals surface area contributed by atoms with E-state index in [-0.39, 0.29) is 46.1 Å². The largest absolute Gasteiger partial charge is 2.00 e. The third-order valence-corrected chi connectivity index (χ3v) is 1.41. The first kappa shape index (κ1) is 36.6. The maximum absolute atomic E-state index is 3.60. The number of rotatable bonds is 4. The number of hydrogen-bond acceptors (Lipinski definition) is 0. The van der Waals surface area contributed by atoms with Crippen LogP contribution in [0.25, 0.3) is 0 Å². The molecule has 104 valence electrons. The predicted molar refractivity (Wildman–Crippen MR) is 92.6 cm³/mol. The van der Waals surface area contributed by atoms with Gasteiger partial charge < -0.3 is 27.7 Å². The smallest absolute Gasteiger partial charge is 0.343 e. The zero-order chi connectivity index (χ0) is 13.7. The molecule has 0 fully saturated rings. The molecule has 0 nitrogen and oxygen atoms in total. The first-order valence-electron chi connectivity index (χ1n) is 6.83. The van der Waals surface area contributed by atoms with Gasteiger partial charge in [-0.05, 0) is 0 Å². The predicted octanol–water partition coefficient (Wildman–Crippen LogP) is 5.72. The van der Waals surface area contributed by atoms with Crippen molar-refractivity contribution < 1.29 is 0 Å². The normalized spacial score (nSPS) is 6.67. The molecule has 0 aliphatic carbocycles. The molecule has 2 heteroatoms. The molecular weight excluding hydrogens is 241 g/mol. The van der Waals surface area contributed by atoms with E-state index in [0.29, 0.717) is 0 Å². The molecule has 0 bridgehead atoms. The summed E-state index contributed by atoms with van der Waals surface area (Å²) in [5, 5.41) is 0. The van der Waals surface area contributed by atoms with E-state index in [4.69, 9.17) is 0 Å². The molecule has 18 heavy (non-hydrogen) atoms. The summed E-state index contributed by atoms with van der Waals surface area (Å²) in [6, 6.07) is 0. The standard InChI is InChI=1S/4C4H9.2Mg/c4*1-3-4-2;;/h4*1,3-4H2,2H3;;/q4*-1;2*+2. The molecule has 0 atom stereocenters. The summed E-state index contributed by atoms with van der Waals surface area (Å²) in [7, 11) is 0. The molecule has 0 spiro atoms. The van der Waals surface area contributed by atoms with E-state index in [0.717, 1.165) is 25.7 Å². The molecule has 0 unspecified atom stereocenters. The van der Waals surface area contributed by atoms with Gasteiger partial charge in [0.25, 0.3) is 0 Å². The molecule has 0 rings (SSSR count). The summed E-state index contributed by atoms with van der Waals surface area (Å²) >= 11 is 0. The van der Waals surface area contributed by atoms with Crippen molar-refractivity contribution in [1.82, 2.24) is 0 Å². The van der Waals surface area contributed by atoms with Gasteiger partial charge >= 0.3 is 46.1 Å². The SMILES string of the molecule is [CH2-]CCC.[CH2-]CCC.[CH2-]CCC.[CH2-]CCC.[Mg+2].[Mg+2]. The average molecular weight is 277 g/mol. The number of unbranched alkanes of at least 4 members (excludes halogenated alkanes) is 4. The quantitative estimate of drug-likeness (QED) is 0.455. The zero-order valence-corrected chi connectivity index (χ0v) is 16.7. The van der Waals surface area contributed by atoms with E-state index in [1.807, 2.05) is 0 Å². The minimum atomic E-state index is 0. The molecule has 0 aliphatic heterocycles. The molecule has 0 saturated carbocycles. The molecule has 0 aromatic carbocycles. The van der Waals surface area contributed by atoms with Crippen LogP contribution in [0.15, 0.2) is 0 Å². The molecule has 0 aromatic rings. The van der Waals surface area contributed by atoms with Gasteiger partial charge in [-0.15, -0.1) is 0 Å². The molecule has 0 heterocycles. The molecule has 0 aliphatic rings. The average Bonchev–Trinajstić information content (AvgIpc) is 2.39. The second-order valence-electron chi connectivity index (χ2n) is 3.41. The Balaban J connectivity index is -0.0000000257. The first-order chi connectivity index (χ1) is 7.66. The summed E-state index contributed by atoms with van der Waals surface area (Å²) < 4.78 is 0. The zero-order valence-electron chi connectivity index (χ0n) is 13.9. The Morgan fingerprint density at radius 1 is 0.444 bits per heavy atom. The van der Waals surface area contributed by atoms with Gasteiger partial charge in [0.05, 0.1) is 0 Å². The maximum Gasteiger partial charge on any atom is 2.00 e. The number of hydrogen-bond donors (Lipinski definition) is 0. The summed E-state index contributed by atoms with van der Waals surface area (Å²) in [6.45, 7) is 22.9. The van der Waals surface area contributed by atoms with Gasteiger partial charge in [-0.25, -0.2) is 0 Å². The van der Waals surface area contributed by atoms with Gasteiger partial charge in [0.1, 0.15) is 0 Å². The molecule has 0 saturated heterocycles. The van der Waals surface area contributed by atoms with Crippen LogP contribution in [-0.2, 0) is 0 Å². The van der Waals surface area contributed by atoms with Gasteiger partial charge in [-0.3, -0.25) is 0 Å². The van der Waals surface area contributed by atoms with E-state index in [2.05, 4.69) is 55.4 Å². The third-order valence-electron chi connectivity index (χ3n) is 1.41. The Bertz CT molecular complexity index is 33.1. The molecule has 0 N–H and O–H groups in total. The topological polar surface area (TPSA) is 0 Å². The fourth-order valence-electron chi connectivity index (χ4n) is 0. The fourth-order valence-corrected chi connectivity index (χ4v) is 0. The van der Waals surface area contributed by atoms with E-state index < -0.39 is 0 Å². The minimum absolute atomic E-state index is 0. The van der Waals surface area contributed by atoms with Crippen LogP contribution in [0.4, 0.5) is 0 Å². The summed E-state index contributed by atoms with van der Waals surface area (Å²) in [4.78, 5) is 0. The maximum atomic E-state index is 3.60. The first-order valence-corrected chi connectivity index (χ1v) is 6.83. The monoisotopic (exact) mass is 276 g/mol. The van der Waals surface area contributed by atoms with E-state index in [1.165, 1.54) is 25.7 Å². The summed E-state index contributed by atoms with van der Waals surface area (Å²) in [5.41, 5.74) is 0. The van der Waals surface area contributed by atoms with E-state index in [1.54, 1.807) is 0 Å². The second kappa shape index (κ2) is 62.7. The van der Waals surface area contributed by atoms with Gasteiger partial charge in [-0.1, -0.05) is 53.4 Å². The van der Waals surface area contributed by atoms with Gasteiger partial charge in [0.15, 0.2) is 0 Å². The van der Waals surface area contributed by atoms with Crippen LogP contribution >= 0.6 is 0 Å². The van der Waals surface area contributed by atoms with Gasteiger partial charge in [-0.2, -0.15) is 25.7 Å². The van der Waals surface area contributed by atoms with Crippen LogP contribution in [0, 0.1) is 27.7 Å². The van der Waals surface area contributed by atoms with Crippen molar-refractivity contribution in [2.75, 3.05) is 0 Å². The van der Waals surface area contributed by atoms with Gasteiger partial charge in [0, 0.05) is 0 Å². The fraction of sp³-hybridized carbons (Fsp3) is 0.750. The summed E-state index contributed by atoms with van der Waals surface area (Å²) in [5.74, 6) is 0. The Hall–Kier alpha value is 1.53. The van der Waals surface area contributed by atoms with Crippen molar-refractivity contribution in [3.63, 3.8) is 0 Å². The molecule has 0 amide bonds. The van der Waals surface area contributed by atoms with Crippen molar-refractivity contribution in [2.24, 2.45) is 0 Å². The van der Waals surface area contributed by atoms with Crippen molar-refractivity contribution >= 4 is 46.1 Å². The van der Waals surface area contributed by atoms with Crippen molar-refractivity contribution in [1.29, 1.82) is 0 Å². The van der Waals surface area contributed by atoms with Crippen molar-refractivity contribution in [3.8, 4) is 0 Å². The van der Waals surface area contributed by atoms with Crippen LogP contribution in [0.2, 0.25) is 0 Å². The van der Waals surface area contributed by atoms with Crippen LogP contribution < -0.4 is 0 Å². The van der Waals surface area contributed by atoms with Crippen LogP contribution in [0.5, 0.6) is 0 Å². The van der Waals surface area contributed by atoms with Crippen LogP contribution in [0.1, 0.15) is 79.1 Å². The summed E-state index contributed by atoms with van der Waals surface area (Å²) in [6.07, 6.45) is 9.11. The second-order valence-corrected chi connectivity index (χ2v) is 3.41. The van der Waals surface area contributed by atoms with Crippen molar-refractivity contribution in [3.05, 3.63) is 27.7 Å². The van der Waals surface area contributed by atoms with E-state index in [9.17, 15) is 0 Å². The van der Waals surface area contributed by atoms with E-state index >= 15 is 0 Å². The molecule has 0 aromatic heterocycles. The molecular formula is C16H36Mg2. The Labute approximate surface area is 152 Å². The van der Waals surface area contributed by atoms with Crippen LogP contribution in [-0.4, -0.2) is 46.1 Å². The minimum Gasteiger partial charge on any atom is -0.343 e. The molecule has 0 radical (unpaired) electrons. The Kier molecular flexibility index (Phi) is 128. The Morgan fingerprint density at radius 3 is 0.500 bits per heavy atom. The third kappa shape index (κ3) is 157.